The second-order valence-electron chi connectivity index (χ2n) is 7.10. The van der Waals surface area contributed by atoms with Gasteiger partial charge in [-0.2, -0.15) is 0 Å². The third kappa shape index (κ3) is 2.72. The number of nitrogens with two attached hydrogens (primary N) is 1. The van der Waals surface area contributed by atoms with Crippen LogP contribution in [0.5, 0.6) is 0 Å². The minimum atomic E-state index is -0.874. The Bertz CT molecular complexity index is 704. The summed E-state index contributed by atoms with van der Waals surface area (Å²) >= 11 is 0. The van der Waals surface area contributed by atoms with Crippen molar-refractivity contribution in [3.05, 3.63) is 36.1 Å². The zero-order chi connectivity index (χ0) is 17.4. The predicted molar refractivity (Wildman–Crippen MR) is 93.7 cm³/mol. The van der Waals surface area contributed by atoms with Gasteiger partial charge in [0.1, 0.15) is 16.9 Å². The van der Waals surface area contributed by atoms with E-state index in [1.807, 2.05) is 51.1 Å². The summed E-state index contributed by atoms with van der Waals surface area (Å²) in [5.41, 5.74) is 6.00. The van der Waals surface area contributed by atoms with Crippen molar-refractivity contribution in [3.63, 3.8) is 0 Å². The lowest BCUT2D eigenvalue weighted by molar-refractivity contribution is -0.170. The molecule has 2 aromatic rings. The highest BCUT2D eigenvalue weighted by Crippen LogP contribution is 2.49. The van der Waals surface area contributed by atoms with Crippen LogP contribution in [0.25, 0.3) is 11.0 Å². The van der Waals surface area contributed by atoms with Crippen molar-refractivity contribution < 1.29 is 13.9 Å². The summed E-state index contributed by atoms with van der Waals surface area (Å²) in [7, 11) is 0. The maximum atomic E-state index is 12.6. The maximum Gasteiger partial charge on any atom is 0.240 e. The zero-order valence-electron chi connectivity index (χ0n) is 14.6. The van der Waals surface area contributed by atoms with Gasteiger partial charge in [-0.25, -0.2) is 0 Å². The number of carbonyl (C=O) groups excluding carboxylic acids is 1. The molecule has 0 spiro atoms. The van der Waals surface area contributed by atoms with Gasteiger partial charge in [0.15, 0.2) is 0 Å². The fourth-order valence-electron chi connectivity index (χ4n) is 3.44. The van der Waals surface area contributed by atoms with Crippen LogP contribution in [0, 0.1) is 5.41 Å². The highest BCUT2D eigenvalue weighted by atomic mass is 16.5. The van der Waals surface area contributed by atoms with Crippen LogP contribution in [0.3, 0.4) is 0 Å². The normalized spacial score (nSPS) is 25.4. The lowest BCUT2D eigenvalue weighted by atomic mass is 9.54. The van der Waals surface area contributed by atoms with Gasteiger partial charge in [-0.3, -0.25) is 4.79 Å². The highest BCUT2D eigenvalue weighted by Gasteiger charge is 2.62. The quantitative estimate of drug-likeness (QED) is 0.853. The van der Waals surface area contributed by atoms with E-state index in [2.05, 4.69) is 5.32 Å². The molecule has 0 saturated heterocycles. The number of benzene rings is 1. The van der Waals surface area contributed by atoms with Crippen molar-refractivity contribution in [1.29, 1.82) is 0 Å². The third-order valence-corrected chi connectivity index (χ3v) is 5.37. The summed E-state index contributed by atoms with van der Waals surface area (Å²) in [6.07, 6.45) is 1.24. The number of ether oxygens (including phenoxy) is 1. The number of nitrogens with one attached hydrogen (secondary N) is 1. The van der Waals surface area contributed by atoms with E-state index >= 15 is 0 Å². The van der Waals surface area contributed by atoms with Gasteiger partial charge < -0.3 is 20.2 Å². The van der Waals surface area contributed by atoms with Crippen molar-refractivity contribution in [1.82, 2.24) is 5.32 Å². The minimum absolute atomic E-state index is 0.0358. The fraction of sp³-hybridized carbons (Fsp3) is 0.526. The molecule has 130 valence electrons. The molecule has 2 unspecified atom stereocenters. The molecule has 2 atom stereocenters. The largest absolute Gasteiger partial charge is 0.461 e. The van der Waals surface area contributed by atoms with Crippen LogP contribution < -0.4 is 11.1 Å². The number of rotatable bonds is 6. The van der Waals surface area contributed by atoms with Gasteiger partial charge in [0, 0.05) is 36.8 Å². The minimum Gasteiger partial charge on any atom is -0.461 e. The Morgan fingerprint density at radius 3 is 2.83 bits per heavy atom. The van der Waals surface area contributed by atoms with E-state index in [-0.39, 0.29) is 17.4 Å². The molecule has 24 heavy (non-hydrogen) atoms. The number of hydrogen-bond acceptors (Lipinski definition) is 4. The Balaban J connectivity index is 1.56. The van der Waals surface area contributed by atoms with Gasteiger partial charge in [0.2, 0.25) is 5.91 Å². The summed E-state index contributed by atoms with van der Waals surface area (Å²) in [5.74, 6) is 0.752. The highest BCUT2D eigenvalue weighted by molar-refractivity contribution is 5.88. The summed E-state index contributed by atoms with van der Waals surface area (Å²) in [6, 6.07) is 9.90. The Hall–Kier alpha value is -1.85. The van der Waals surface area contributed by atoms with Gasteiger partial charge in [-0.05, 0) is 19.1 Å². The standard InChI is InChI=1S/C19H26N2O3/c1-4-23-16-12-19(20,18(16,2)3)17(22)21-10-9-14-11-13-7-5-6-8-15(13)24-14/h5-8,11,16H,4,9-10,12,20H2,1-3H3,(H,21,22). The summed E-state index contributed by atoms with van der Waals surface area (Å²) in [4.78, 5) is 12.6. The van der Waals surface area contributed by atoms with Gasteiger partial charge >= 0.3 is 0 Å². The first-order valence-corrected chi connectivity index (χ1v) is 8.54. The van der Waals surface area contributed by atoms with Gasteiger partial charge in [-0.1, -0.05) is 32.0 Å². The van der Waals surface area contributed by atoms with Crippen molar-refractivity contribution in [2.75, 3.05) is 13.2 Å². The lowest BCUT2D eigenvalue weighted by Gasteiger charge is -2.57. The zero-order valence-corrected chi connectivity index (χ0v) is 14.6. The molecular formula is C19H26N2O3. The molecule has 1 saturated carbocycles. The van der Waals surface area contributed by atoms with Crippen molar-refractivity contribution >= 4 is 16.9 Å². The first kappa shape index (κ1) is 17.0. The Morgan fingerprint density at radius 2 is 2.17 bits per heavy atom. The van der Waals surface area contributed by atoms with Crippen LogP contribution in [0.2, 0.25) is 0 Å². The Kier molecular flexibility index (Phi) is 4.40. The Labute approximate surface area is 142 Å². The number of furan rings is 1. The average Bonchev–Trinajstić information content (AvgIpc) is 2.97. The molecule has 0 radical (unpaired) electrons. The van der Waals surface area contributed by atoms with E-state index in [0.717, 1.165) is 16.7 Å². The monoisotopic (exact) mass is 330 g/mol. The fourth-order valence-corrected chi connectivity index (χ4v) is 3.44. The molecule has 1 fully saturated rings. The molecule has 5 heteroatoms. The van der Waals surface area contributed by atoms with Crippen LogP contribution in [0.1, 0.15) is 33.0 Å². The van der Waals surface area contributed by atoms with Crippen LogP contribution in [-0.2, 0) is 16.0 Å². The van der Waals surface area contributed by atoms with Crippen LogP contribution >= 0.6 is 0 Å². The number of fused-ring (bicyclic) bond motifs is 1. The first-order chi connectivity index (χ1) is 11.4. The second-order valence-corrected chi connectivity index (χ2v) is 7.10. The van der Waals surface area contributed by atoms with Crippen molar-refractivity contribution in [2.45, 2.75) is 45.3 Å². The van der Waals surface area contributed by atoms with Crippen LogP contribution in [-0.4, -0.2) is 30.7 Å². The van der Waals surface area contributed by atoms with Crippen molar-refractivity contribution in [3.8, 4) is 0 Å². The molecular weight excluding hydrogens is 304 g/mol. The van der Waals surface area contributed by atoms with E-state index in [1.54, 1.807) is 0 Å². The van der Waals surface area contributed by atoms with E-state index in [0.29, 0.717) is 26.0 Å². The molecule has 0 bridgehead atoms. The van der Waals surface area contributed by atoms with E-state index in [4.69, 9.17) is 14.9 Å². The Morgan fingerprint density at radius 1 is 1.42 bits per heavy atom. The average molecular weight is 330 g/mol. The van der Waals surface area contributed by atoms with E-state index < -0.39 is 5.54 Å². The summed E-state index contributed by atoms with van der Waals surface area (Å²) in [5, 5.41) is 4.03. The summed E-state index contributed by atoms with van der Waals surface area (Å²) < 4.78 is 11.4. The predicted octanol–water partition coefficient (Wildman–Crippen LogP) is 2.62. The van der Waals surface area contributed by atoms with E-state index in [9.17, 15) is 4.79 Å². The van der Waals surface area contributed by atoms with Gasteiger partial charge in [-0.15, -0.1) is 0 Å². The molecule has 1 heterocycles. The van der Waals surface area contributed by atoms with E-state index in [1.165, 1.54) is 0 Å². The first-order valence-electron chi connectivity index (χ1n) is 8.54. The third-order valence-electron chi connectivity index (χ3n) is 5.37. The number of hydrogen-bond donors (Lipinski definition) is 2. The van der Waals surface area contributed by atoms with Gasteiger partial charge in [0.25, 0.3) is 0 Å². The molecule has 0 aliphatic heterocycles. The number of para-hydroxylation sites is 1. The molecule has 1 aliphatic rings. The molecule has 3 N–H and O–H groups in total. The van der Waals surface area contributed by atoms with Crippen LogP contribution in [0.4, 0.5) is 0 Å². The molecule has 1 aromatic heterocycles. The lowest BCUT2D eigenvalue weighted by Crippen LogP contribution is -2.75. The molecule has 1 aromatic carbocycles. The number of amides is 1. The van der Waals surface area contributed by atoms with Crippen LogP contribution in [0.15, 0.2) is 34.7 Å². The van der Waals surface area contributed by atoms with Crippen molar-refractivity contribution in [2.24, 2.45) is 11.1 Å². The SMILES string of the molecule is CCOC1CC(N)(C(=O)NCCc2cc3ccccc3o2)C1(C)C. The topological polar surface area (TPSA) is 77.5 Å². The molecule has 1 aliphatic carbocycles. The van der Waals surface area contributed by atoms with Gasteiger partial charge in [0.05, 0.1) is 6.10 Å². The maximum absolute atomic E-state index is 12.6. The summed E-state index contributed by atoms with van der Waals surface area (Å²) in [6.45, 7) is 7.09. The second kappa shape index (κ2) is 6.22. The smallest absolute Gasteiger partial charge is 0.240 e. The molecule has 1 amide bonds. The number of carbonyl (C=O) groups is 1. The molecule has 3 rings (SSSR count). The molecule has 5 nitrogen and oxygen atoms in total.